The van der Waals surface area contributed by atoms with Gasteiger partial charge in [0.2, 0.25) is 0 Å². The standard InChI is InChI=1S/C22H23N5O/c1-26(14-10-17-8-11-23-12-9-17)22(28)19-15-25-21(16-24-19)27-13-4-6-18-5-2-3-7-20(18)27/h2-3,5,7-9,11-12,15-16H,4,6,10,13-14H2,1H3. The molecule has 1 aliphatic rings. The van der Waals surface area contributed by atoms with Crippen LogP contribution in [0.5, 0.6) is 0 Å². The predicted molar refractivity (Wildman–Crippen MR) is 109 cm³/mol. The van der Waals surface area contributed by atoms with Gasteiger partial charge in [0.1, 0.15) is 5.69 Å². The lowest BCUT2D eigenvalue weighted by Crippen LogP contribution is -2.30. The number of hydrogen-bond acceptors (Lipinski definition) is 5. The van der Waals surface area contributed by atoms with Gasteiger partial charge >= 0.3 is 0 Å². The van der Waals surface area contributed by atoms with Gasteiger partial charge in [0.15, 0.2) is 5.82 Å². The summed E-state index contributed by atoms with van der Waals surface area (Å²) < 4.78 is 0. The molecule has 4 rings (SSSR count). The maximum Gasteiger partial charge on any atom is 0.273 e. The third-order valence-corrected chi connectivity index (χ3v) is 5.08. The fourth-order valence-corrected chi connectivity index (χ4v) is 3.49. The first-order chi connectivity index (χ1) is 13.7. The van der Waals surface area contributed by atoms with Gasteiger partial charge in [-0.15, -0.1) is 0 Å². The van der Waals surface area contributed by atoms with Crippen molar-refractivity contribution in [1.82, 2.24) is 19.9 Å². The van der Waals surface area contributed by atoms with Gasteiger partial charge in [-0.05, 0) is 48.6 Å². The Morgan fingerprint density at radius 3 is 2.71 bits per heavy atom. The van der Waals surface area contributed by atoms with Crippen molar-refractivity contribution < 1.29 is 4.79 Å². The Labute approximate surface area is 164 Å². The van der Waals surface area contributed by atoms with E-state index in [1.54, 1.807) is 36.7 Å². The third kappa shape index (κ3) is 3.86. The first kappa shape index (κ1) is 18.1. The van der Waals surface area contributed by atoms with Crippen LogP contribution in [0.3, 0.4) is 0 Å². The maximum absolute atomic E-state index is 12.6. The molecule has 0 spiro atoms. The molecule has 1 amide bonds. The molecular weight excluding hydrogens is 350 g/mol. The average Bonchev–Trinajstić information content (AvgIpc) is 2.77. The topological polar surface area (TPSA) is 62.2 Å². The van der Waals surface area contributed by atoms with Crippen LogP contribution in [0.4, 0.5) is 11.5 Å². The lowest BCUT2D eigenvalue weighted by Gasteiger charge is -2.30. The second-order valence-corrected chi connectivity index (χ2v) is 6.98. The molecule has 1 aromatic carbocycles. The Morgan fingerprint density at radius 2 is 1.93 bits per heavy atom. The summed E-state index contributed by atoms with van der Waals surface area (Å²) in [4.78, 5) is 29.4. The highest BCUT2D eigenvalue weighted by Gasteiger charge is 2.20. The van der Waals surface area contributed by atoms with Crippen molar-refractivity contribution >= 4 is 17.4 Å². The van der Waals surface area contributed by atoms with Crippen LogP contribution in [0.25, 0.3) is 0 Å². The number of anilines is 2. The number of benzene rings is 1. The molecule has 3 aromatic rings. The van der Waals surface area contributed by atoms with E-state index in [-0.39, 0.29) is 5.91 Å². The Bertz CT molecular complexity index is 943. The van der Waals surface area contributed by atoms with Crippen molar-refractivity contribution in [3.63, 3.8) is 0 Å². The third-order valence-electron chi connectivity index (χ3n) is 5.08. The molecular formula is C22H23N5O. The number of rotatable bonds is 5. The lowest BCUT2D eigenvalue weighted by molar-refractivity contribution is 0.0790. The van der Waals surface area contributed by atoms with Crippen LogP contribution < -0.4 is 4.90 Å². The summed E-state index contributed by atoms with van der Waals surface area (Å²) in [5.74, 6) is 0.662. The summed E-state index contributed by atoms with van der Waals surface area (Å²) in [6, 6.07) is 12.3. The molecule has 2 aromatic heterocycles. The molecule has 0 bridgehead atoms. The zero-order chi connectivity index (χ0) is 19.3. The SMILES string of the molecule is CN(CCc1ccncc1)C(=O)c1cnc(N2CCCc3ccccc32)cn1. The number of aryl methyl sites for hydroxylation is 1. The molecule has 0 saturated heterocycles. The molecule has 0 saturated carbocycles. The summed E-state index contributed by atoms with van der Waals surface area (Å²) in [5.41, 5.74) is 4.02. The minimum atomic E-state index is -0.118. The molecule has 0 radical (unpaired) electrons. The Morgan fingerprint density at radius 1 is 1.11 bits per heavy atom. The summed E-state index contributed by atoms with van der Waals surface area (Å²) in [7, 11) is 1.79. The van der Waals surface area contributed by atoms with E-state index in [2.05, 4.69) is 38.1 Å². The number of aromatic nitrogens is 3. The van der Waals surface area contributed by atoms with Gasteiger partial charge in [-0.25, -0.2) is 9.97 Å². The smallest absolute Gasteiger partial charge is 0.273 e. The van der Waals surface area contributed by atoms with Gasteiger partial charge in [-0.2, -0.15) is 0 Å². The van der Waals surface area contributed by atoms with Crippen molar-refractivity contribution in [2.24, 2.45) is 0 Å². The van der Waals surface area contributed by atoms with Gasteiger partial charge in [0, 0.05) is 38.2 Å². The number of likely N-dealkylation sites (N-methyl/N-ethyl adjacent to an activating group) is 1. The molecule has 0 unspecified atom stereocenters. The summed E-state index contributed by atoms with van der Waals surface area (Å²) in [6.45, 7) is 1.52. The monoisotopic (exact) mass is 373 g/mol. The van der Waals surface area contributed by atoms with Crippen molar-refractivity contribution in [3.8, 4) is 0 Å². The first-order valence-corrected chi connectivity index (χ1v) is 9.54. The normalized spacial score (nSPS) is 13.1. The van der Waals surface area contributed by atoms with E-state index in [0.717, 1.165) is 37.2 Å². The minimum absolute atomic E-state index is 0.118. The van der Waals surface area contributed by atoms with Gasteiger partial charge in [-0.1, -0.05) is 18.2 Å². The zero-order valence-corrected chi connectivity index (χ0v) is 16.0. The van der Waals surface area contributed by atoms with Crippen molar-refractivity contribution in [3.05, 3.63) is 78.0 Å². The van der Waals surface area contributed by atoms with Crippen molar-refractivity contribution in [2.75, 3.05) is 25.0 Å². The van der Waals surface area contributed by atoms with Crippen LogP contribution in [-0.2, 0) is 12.8 Å². The zero-order valence-electron chi connectivity index (χ0n) is 16.0. The molecule has 0 fully saturated rings. The first-order valence-electron chi connectivity index (χ1n) is 9.54. The van der Waals surface area contributed by atoms with Gasteiger partial charge in [0.05, 0.1) is 12.4 Å². The number of pyridine rings is 1. The van der Waals surface area contributed by atoms with Crippen LogP contribution in [-0.4, -0.2) is 45.9 Å². The predicted octanol–water partition coefficient (Wildman–Crippen LogP) is 3.27. The van der Waals surface area contributed by atoms with Crippen LogP contribution in [0.15, 0.2) is 61.2 Å². The van der Waals surface area contributed by atoms with Crippen molar-refractivity contribution in [1.29, 1.82) is 0 Å². The molecule has 1 aliphatic heterocycles. The fraction of sp³-hybridized carbons (Fsp3) is 0.273. The van der Waals surface area contributed by atoms with Crippen LogP contribution in [0.2, 0.25) is 0 Å². The average molecular weight is 373 g/mol. The Kier molecular flexibility index (Phi) is 5.28. The van der Waals surface area contributed by atoms with E-state index in [9.17, 15) is 4.79 Å². The number of amides is 1. The molecule has 3 heterocycles. The summed E-state index contributed by atoms with van der Waals surface area (Å²) in [5, 5.41) is 0. The fourth-order valence-electron chi connectivity index (χ4n) is 3.49. The van der Waals surface area contributed by atoms with E-state index in [4.69, 9.17) is 0 Å². The molecule has 0 aliphatic carbocycles. The van der Waals surface area contributed by atoms with E-state index in [1.807, 2.05) is 18.2 Å². The molecule has 28 heavy (non-hydrogen) atoms. The van der Waals surface area contributed by atoms with E-state index >= 15 is 0 Å². The van der Waals surface area contributed by atoms with E-state index < -0.39 is 0 Å². The van der Waals surface area contributed by atoms with Gasteiger partial charge in [0.25, 0.3) is 5.91 Å². The molecule has 0 N–H and O–H groups in total. The molecule has 6 nitrogen and oxygen atoms in total. The highest BCUT2D eigenvalue weighted by molar-refractivity contribution is 5.92. The Balaban J connectivity index is 1.44. The van der Waals surface area contributed by atoms with Gasteiger partial charge in [-0.3, -0.25) is 9.78 Å². The Hall–Kier alpha value is -3.28. The number of carbonyl (C=O) groups is 1. The van der Waals surface area contributed by atoms with Gasteiger partial charge < -0.3 is 9.80 Å². The number of nitrogens with zero attached hydrogens (tertiary/aromatic N) is 5. The highest BCUT2D eigenvalue weighted by atomic mass is 16.2. The quantitative estimate of drug-likeness (QED) is 0.687. The second-order valence-electron chi connectivity index (χ2n) is 6.98. The molecule has 142 valence electrons. The maximum atomic E-state index is 12.6. The summed E-state index contributed by atoms with van der Waals surface area (Å²) >= 11 is 0. The number of fused-ring (bicyclic) bond motifs is 1. The lowest BCUT2D eigenvalue weighted by atomic mass is 10.0. The van der Waals surface area contributed by atoms with Crippen LogP contribution in [0.1, 0.15) is 28.0 Å². The van der Waals surface area contributed by atoms with E-state index in [0.29, 0.717) is 12.2 Å². The molecule has 6 heteroatoms. The van der Waals surface area contributed by atoms with Crippen molar-refractivity contribution in [2.45, 2.75) is 19.3 Å². The van der Waals surface area contributed by atoms with Crippen LogP contribution in [0, 0.1) is 0 Å². The number of carbonyl (C=O) groups excluding carboxylic acids is 1. The van der Waals surface area contributed by atoms with E-state index in [1.165, 1.54) is 11.3 Å². The summed E-state index contributed by atoms with van der Waals surface area (Å²) in [6.07, 6.45) is 9.75. The largest absolute Gasteiger partial charge is 0.340 e. The highest BCUT2D eigenvalue weighted by Crippen LogP contribution is 2.31. The number of para-hydroxylation sites is 1. The van der Waals surface area contributed by atoms with Crippen LogP contribution >= 0.6 is 0 Å². The second kappa shape index (κ2) is 8.17. The number of hydrogen-bond donors (Lipinski definition) is 0. The minimum Gasteiger partial charge on any atom is -0.340 e. The molecule has 0 atom stereocenters.